The van der Waals surface area contributed by atoms with Gasteiger partial charge in [0.05, 0.1) is 0 Å². The minimum atomic E-state index is -1.29. The second-order valence-corrected chi connectivity index (χ2v) is 9.76. The van der Waals surface area contributed by atoms with Crippen LogP contribution in [0.1, 0.15) is 66.7 Å². The lowest BCUT2D eigenvalue weighted by molar-refractivity contribution is -0.177. The van der Waals surface area contributed by atoms with Crippen LogP contribution in [0, 0.1) is 23.7 Å². The lowest BCUT2D eigenvalue weighted by atomic mass is 9.63. The zero-order chi connectivity index (χ0) is 22.2. The van der Waals surface area contributed by atoms with Crippen molar-refractivity contribution in [2.45, 2.75) is 84.5 Å². The smallest absolute Gasteiger partial charge is 0.307 e. The number of allylic oxidation sites excluding steroid dienone is 2. The van der Waals surface area contributed by atoms with Crippen LogP contribution in [0.4, 0.5) is 0 Å². The summed E-state index contributed by atoms with van der Waals surface area (Å²) in [6.45, 7) is 10.4. The Hall–Kier alpha value is -1.95. The molecule has 2 N–H and O–H groups in total. The van der Waals surface area contributed by atoms with Crippen LogP contribution in [-0.2, 0) is 19.1 Å². The van der Waals surface area contributed by atoms with E-state index in [-0.39, 0.29) is 54.7 Å². The van der Waals surface area contributed by atoms with Crippen LogP contribution in [0.3, 0.4) is 0 Å². The Morgan fingerprint density at radius 1 is 1.17 bits per heavy atom. The van der Waals surface area contributed by atoms with E-state index >= 15 is 0 Å². The molecule has 1 saturated heterocycles. The van der Waals surface area contributed by atoms with Crippen LogP contribution in [0.25, 0.3) is 0 Å². The summed E-state index contributed by atoms with van der Waals surface area (Å²) in [6, 6.07) is -0.0692. The van der Waals surface area contributed by atoms with E-state index in [9.17, 15) is 19.5 Å². The number of rotatable bonds is 2. The third-order valence-electron chi connectivity index (χ3n) is 7.03. The highest BCUT2D eigenvalue weighted by Gasteiger charge is 2.64. The Morgan fingerprint density at radius 3 is 2.53 bits per heavy atom. The third-order valence-corrected chi connectivity index (χ3v) is 7.03. The maximum absolute atomic E-state index is 13.4. The molecule has 0 aromatic rings. The minimum absolute atomic E-state index is 0.0211. The van der Waals surface area contributed by atoms with Crippen molar-refractivity contribution in [3.63, 3.8) is 0 Å². The van der Waals surface area contributed by atoms with E-state index in [4.69, 9.17) is 4.74 Å². The number of carbonyl (C=O) groups excluding carboxylic acids is 3. The highest BCUT2D eigenvalue weighted by molar-refractivity contribution is 5.92. The number of ketones is 1. The Balaban J connectivity index is 2.11. The van der Waals surface area contributed by atoms with Crippen molar-refractivity contribution >= 4 is 17.7 Å². The van der Waals surface area contributed by atoms with Gasteiger partial charge in [0.2, 0.25) is 5.60 Å². The fourth-order valence-corrected chi connectivity index (χ4v) is 5.36. The zero-order valence-electron chi connectivity index (χ0n) is 18.7. The molecule has 6 heteroatoms. The van der Waals surface area contributed by atoms with Crippen molar-refractivity contribution < 1.29 is 24.2 Å². The Kier molecular flexibility index (Phi) is 6.56. The molecule has 3 aliphatic rings. The average Bonchev–Trinajstić information content (AvgIpc) is 2.93. The predicted molar refractivity (Wildman–Crippen MR) is 113 cm³/mol. The van der Waals surface area contributed by atoms with E-state index in [1.54, 1.807) is 0 Å². The number of hydrogen-bond donors (Lipinski definition) is 2. The molecular formula is C24H35NO5. The summed E-state index contributed by atoms with van der Waals surface area (Å²) in [6.07, 6.45) is 4.35. The van der Waals surface area contributed by atoms with E-state index in [1.807, 2.05) is 13.0 Å². The first-order valence-electron chi connectivity index (χ1n) is 11.2. The zero-order valence-corrected chi connectivity index (χ0v) is 18.7. The molecule has 1 amide bonds. The molecule has 30 heavy (non-hydrogen) atoms. The van der Waals surface area contributed by atoms with Crippen LogP contribution in [-0.4, -0.2) is 40.5 Å². The van der Waals surface area contributed by atoms with Crippen LogP contribution in [0.2, 0.25) is 0 Å². The number of carbonyl (C=O) groups is 3. The molecule has 0 aromatic carbocycles. The monoisotopic (exact) mass is 417 g/mol. The van der Waals surface area contributed by atoms with Crippen molar-refractivity contribution in [2.24, 2.45) is 23.7 Å². The van der Waals surface area contributed by atoms with Gasteiger partial charge >= 0.3 is 5.97 Å². The molecular weight excluding hydrogens is 382 g/mol. The van der Waals surface area contributed by atoms with Crippen molar-refractivity contribution in [3.05, 3.63) is 23.3 Å². The number of aliphatic hydroxyl groups is 1. The Labute approximate surface area is 179 Å². The second-order valence-electron chi connectivity index (χ2n) is 9.76. The van der Waals surface area contributed by atoms with Crippen LogP contribution < -0.4 is 5.32 Å². The average molecular weight is 418 g/mol. The fraction of sp³-hybridized carbons (Fsp3) is 0.708. The maximum atomic E-state index is 13.4. The summed E-state index contributed by atoms with van der Waals surface area (Å²) in [5.41, 5.74) is 0.851. The molecule has 1 spiro atoms. The maximum Gasteiger partial charge on any atom is 0.307 e. The molecule has 0 saturated carbocycles. The van der Waals surface area contributed by atoms with Crippen LogP contribution in [0.15, 0.2) is 23.3 Å². The van der Waals surface area contributed by atoms with Gasteiger partial charge in [-0.3, -0.25) is 14.4 Å². The van der Waals surface area contributed by atoms with E-state index < -0.39 is 17.7 Å². The standard InChI is InChI=1S/C24H35NO5/c1-13(2)10-18-22-16(5)15(4)12-17-11-14(3)6-7-19(26)20(27)8-9-21(28)30-24(17,22)23(29)25-18/h11-13,16-18,20,22,27H,6-10H2,1-5H3,(H,25,29)/t16-,17+,18+,20-,22+,24-/m1/s1. The normalized spacial score (nSPS) is 37.8. The molecule has 0 radical (unpaired) electrons. The van der Waals surface area contributed by atoms with Gasteiger partial charge in [0.1, 0.15) is 6.10 Å². The lowest BCUT2D eigenvalue weighted by Crippen LogP contribution is -2.56. The van der Waals surface area contributed by atoms with Gasteiger partial charge in [0.25, 0.3) is 5.91 Å². The first kappa shape index (κ1) is 22.7. The summed E-state index contributed by atoms with van der Waals surface area (Å²) >= 11 is 0. The summed E-state index contributed by atoms with van der Waals surface area (Å²) in [4.78, 5) is 38.4. The molecule has 0 unspecified atom stereocenters. The van der Waals surface area contributed by atoms with Crippen molar-refractivity contribution in [1.82, 2.24) is 5.32 Å². The predicted octanol–water partition coefficient (Wildman–Crippen LogP) is 3.09. The summed E-state index contributed by atoms with van der Waals surface area (Å²) < 4.78 is 6.05. The van der Waals surface area contributed by atoms with E-state index in [2.05, 4.69) is 39.1 Å². The highest BCUT2D eigenvalue weighted by Crippen LogP contribution is 2.51. The number of hydrogen-bond acceptors (Lipinski definition) is 5. The van der Waals surface area contributed by atoms with Gasteiger partial charge in [0, 0.05) is 30.7 Å². The van der Waals surface area contributed by atoms with E-state index in [1.165, 1.54) is 5.57 Å². The molecule has 2 aliphatic heterocycles. The summed E-state index contributed by atoms with van der Waals surface area (Å²) in [5.74, 6) is -1.09. The van der Waals surface area contributed by atoms with Crippen LogP contribution in [0.5, 0.6) is 0 Å². The topological polar surface area (TPSA) is 92.7 Å². The van der Waals surface area contributed by atoms with Crippen molar-refractivity contribution in [2.75, 3.05) is 0 Å². The first-order valence-corrected chi connectivity index (χ1v) is 11.2. The number of Topliss-reactive ketones (excluding diaryl/α,β-unsaturated/α-hetero) is 1. The molecule has 166 valence electrons. The number of amides is 1. The lowest BCUT2D eigenvalue weighted by Gasteiger charge is -2.45. The number of nitrogens with one attached hydrogen (secondary N) is 1. The SMILES string of the molecule is CC1=C[C@H]2C=C(C)[C@@H](C)[C@H]3[C@H](CC(C)C)NC(=O)[C@@]23OC(=O)CC[C@@H](O)C(=O)CC1. The summed E-state index contributed by atoms with van der Waals surface area (Å²) in [5, 5.41) is 13.2. The molecule has 0 aromatic heterocycles. The fourth-order valence-electron chi connectivity index (χ4n) is 5.36. The molecule has 6 nitrogen and oxygen atoms in total. The largest absolute Gasteiger partial charge is 0.448 e. The molecule has 6 atom stereocenters. The Bertz CT molecular complexity index is 782. The number of aliphatic hydroxyl groups excluding tert-OH is 1. The molecule has 0 bridgehead atoms. The van der Waals surface area contributed by atoms with Crippen molar-refractivity contribution in [3.8, 4) is 0 Å². The van der Waals surface area contributed by atoms with Gasteiger partial charge in [0.15, 0.2) is 5.78 Å². The molecule has 1 fully saturated rings. The van der Waals surface area contributed by atoms with Gasteiger partial charge in [-0.25, -0.2) is 0 Å². The molecule has 2 heterocycles. The minimum Gasteiger partial charge on any atom is -0.448 e. The van der Waals surface area contributed by atoms with Crippen molar-refractivity contribution in [1.29, 1.82) is 0 Å². The summed E-state index contributed by atoms with van der Waals surface area (Å²) in [7, 11) is 0. The van der Waals surface area contributed by atoms with Gasteiger partial charge < -0.3 is 15.2 Å². The number of esters is 1. The highest BCUT2D eigenvalue weighted by atomic mass is 16.6. The van der Waals surface area contributed by atoms with E-state index in [0.29, 0.717) is 12.3 Å². The molecule has 1 aliphatic carbocycles. The van der Waals surface area contributed by atoms with Gasteiger partial charge in [-0.05, 0) is 44.9 Å². The first-order chi connectivity index (χ1) is 14.1. The van der Waals surface area contributed by atoms with Gasteiger partial charge in [-0.15, -0.1) is 0 Å². The molecule has 3 rings (SSSR count). The quantitative estimate of drug-likeness (QED) is 0.532. The Morgan fingerprint density at radius 2 is 1.87 bits per heavy atom. The van der Waals surface area contributed by atoms with E-state index in [0.717, 1.165) is 12.0 Å². The third kappa shape index (κ3) is 4.11. The second kappa shape index (κ2) is 8.66. The van der Waals surface area contributed by atoms with Crippen LogP contribution >= 0.6 is 0 Å². The van der Waals surface area contributed by atoms with Gasteiger partial charge in [-0.1, -0.05) is 44.1 Å². The number of ether oxygens (including phenoxy) is 1. The van der Waals surface area contributed by atoms with Gasteiger partial charge in [-0.2, -0.15) is 0 Å².